The summed E-state index contributed by atoms with van der Waals surface area (Å²) in [5.41, 5.74) is 19.4. The van der Waals surface area contributed by atoms with Crippen molar-refractivity contribution >= 4 is 48.6 Å². The topological polar surface area (TPSA) is 3.24 Å². The van der Waals surface area contributed by atoms with Gasteiger partial charge in [-0.2, -0.15) is 0 Å². The summed E-state index contributed by atoms with van der Waals surface area (Å²) in [6.45, 7) is 4.77. The molecule has 0 fully saturated rings. The predicted octanol–water partition coefficient (Wildman–Crippen LogP) is 17.1. The van der Waals surface area contributed by atoms with Gasteiger partial charge in [0, 0.05) is 54.5 Å². The van der Waals surface area contributed by atoms with E-state index in [-0.39, 0.29) is 17.3 Å². The van der Waals surface area contributed by atoms with E-state index in [0.29, 0.717) is 0 Å². The van der Waals surface area contributed by atoms with Crippen molar-refractivity contribution in [1.82, 2.24) is 0 Å². The van der Waals surface area contributed by atoms with Gasteiger partial charge in [0.2, 0.25) is 0 Å². The first-order valence-corrected chi connectivity index (χ1v) is 23.2. The average Bonchev–Trinajstić information content (AvgIpc) is 3.84. The normalized spacial score (nSPS) is 18.1. The Balaban J connectivity index is 1.02. The highest BCUT2D eigenvalue weighted by molar-refractivity contribution is 7.25. The van der Waals surface area contributed by atoms with Gasteiger partial charge in [-0.05, 0) is 122 Å². The SMILES string of the molecule is CC1(C)c2ccccc2-c2cccc(-c3cccc(N(c4ccc(-c5cccc6sc7ccccc7c56)cc4)c4ccccc4C4C=CC=C5C=CC=C(C6=CC=CCC6)C54)c3)c21. The summed E-state index contributed by atoms with van der Waals surface area (Å²) in [6.07, 6.45) is 23.0. The Kier molecular flexibility index (Phi) is 9.06. The summed E-state index contributed by atoms with van der Waals surface area (Å²) in [5.74, 6) is 0.376. The lowest BCUT2D eigenvalue weighted by Gasteiger charge is -2.37. The largest absolute Gasteiger partial charge is 0.310 e. The van der Waals surface area contributed by atoms with E-state index in [0.717, 1.165) is 24.2 Å². The summed E-state index contributed by atoms with van der Waals surface area (Å²) < 4.78 is 2.65. The van der Waals surface area contributed by atoms with Gasteiger partial charge < -0.3 is 4.90 Å². The van der Waals surface area contributed by atoms with Gasteiger partial charge in [0.15, 0.2) is 0 Å². The fourth-order valence-corrected chi connectivity index (χ4v) is 12.3. The molecule has 1 heterocycles. The zero-order valence-electron chi connectivity index (χ0n) is 35.6. The van der Waals surface area contributed by atoms with E-state index in [1.54, 1.807) is 0 Å². The number of nitrogens with zero attached hydrogens (tertiary/aromatic N) is 1. The van der Waals surface area contributed by atoms with E-state index in [2.05, 4.69) is 231 Å². The van der Waals surface area contributed by atoms with E-state index in [1.165, 1.54) is 92.7 Å². The van der Waals surface area contributed by atoms with Crippen LogP contribution in [0.3, 0.4) is 0 Å². The van der Waals surface area contributed by atoms with Crippen LogP contribution < -0.4 is 4.90 Å². The Morgan fingerprint density at radius 1 is 0.587 bits per heavy atom. The molecule has 8 aromatic rings. The van der Waals surface area contributed by atoms with Gasteiger partial charge in [-0.25, -0.2) is 0 Å². The van der Waals surface area contributed by atoms with E-state index >= 15 is 0 Å². The third-order valence-electron chi connectivity index (χ3n) is 14.0. The summed E-state index contributed by atoms with van der Waals surface area (Å²) in [4.78, 5) is 2.52. The number of fused-ring (bicyclic) bond motifs is 7. The number of allylic oxidation sites excluding steroid dienone is 12. The van der Waals surface area contributed by atoms with Crippen LogP contribution in [0.25, 0.3) is 53.6 Å². The van der Waals surface area contributed by atoms with Crippen molar-refractivity contribution < 1.29 is 0 Å². The van der Waals surface area contributed by atoms with Crippen LogP contribution in [0.4, 0.5) is 17.1 Å². The molecule has 0 aliphatic heterocycles. The minimum absolute atomic E-state index is 0.126. The zero-order chi connectivity index (χ0) is 42.1. The molecule has 4 aliphatic rings. The maximum atomic E-state index is 2.52. The Morgan fingerprint density at radius 2 is 1.35 bits per heavy atom. The molecule has 0 saturated carbocycles. The molecular weight excluding hydrogens is 779 g/mol. The molecule has 302 valence electrons. The van der Waals surface area contributed by atoms with Crippen LogP contribution in [0, 0.1) is 5.92 Å². The molecule has 1 nitrogen and oxygen atoms in total. The third kappa shape index (κ3) is 6.19. The quantitative estimate of drug-likeness (QED) is 0.155. The van der Waals surface area contributed by atoms with Gasteiger partial charge in [0.25, 0.3) is 0 Å². The highest BCUT2D eigenvalue weighted by Gasteiger charge is 2.38. The molecule has 2 heteroatoms. The van der Waals surface area contributed by atoms with Crippen molar-refractivity contribution in [3.63, 3.8) is 0 Å². The molecule has 2 atom stereocenters. The molecule has 63 heavy (non-hydrogen) atoms. The van der Waals surface area contributed by atoms with Gasteiger partial charge in [-0.15, -0.1) is 11.3 Å². The number of hydrogen-bond acceptors (Lipinski definition) is 2. The number of anilines is 3. The van der Waals surface area contributed by atoms with Gasteiger partial charge in [-0.3, -0.25) is 0 Å². The van der Waals surface area contributed by atoms with E-state index in [9.17, 15) is 0 Å². The van der Waals surface area contributed by atoms with E-state index < -0.39 is 0 Å². The lowest BCUT2D eigenvalue weighted by Crippen LogP contribution is -2.23. The first kappa shape index (κ1) is 37.7. The smallest absolute Gasteiger partial charge is 0.0499 e. The highest BCUT2D eigenvalue weighted by atomic mass is 32.1. The molecule has 4 aliphatic carbocycles. The Hall–Kier alpha value is -7.00. The molecule has 7 aromatic carbocycles. The lowest BCUT2D eigenvalue weighted by molar-refractivity contribution is 0.633. The summed E-state index contributed by atoms with van der Waals surface area (Å²) in [6, 6.07) is 59.2. The highest BCUT2D eigenvalue weighted by Crippen LogP contribution is 2.54. The van der Waals surface area contributed by atoms with Crippen LogP contribution >= 0.6 is 11.3 Å². The average molecular weight is 826 g/mol. The second-order valence-electron chi connectivity index (χ2n) is 17.9. The van der Waals surface area contributed by atoms with Crippen molar-refractivity contribution in [2.45, 2.75) is 38.0 Å². The fourth-order valence-electron chi connectivity index (χ4n) is 11.1. The lowest BCUT2D eigenvalue weighted by atomic mass is 9.69. The third-order valence-corrected chi connectivity index (χ3v) is 15.1. The van der Waals surface area contributed by atoms with Gasteiger partial charge in [-0.1, -0.05) is 184 Å². The Labute approximate surface area is 374 Å². The number of rotatable bonds is 7. The fraction of sp³-hybridized carbons (Fsp3) is 0.115. The molecule has 0 amide bonds. The molecule has 1 aromatic heterocycles. The first-order chi connectivity index (χ1) is 31.0. The van der Waals surface area contributed by atoms with Gasteiger partial charge in [0.05, 0.1) is 0 Å². The van der Waals surface area contributed by atoms with Gasteiger partial charge in [0.1, 0.15) is 0 Å². The first-order valence-electron chi connectivity index (χ1n) is 22.4. The molecule has 0 radical (unpaired) electrons. The maximum Gasteiger partial charge on any atom is 0.0499 e. The monoisotopic (exact) mass is 825 g/mol. The summed E-state index contributed by atoms with van der Waals surface area (Å²) in [7, 11) is 0. The van der Waals surface area contributed by atoms with Crippen LogP contribution in [0.15, 0.2) is 229 Å². The van der Waals surface area contributed by atoms with Gasteiger partial charge >= 0.3 is 0 Å². The molecule has 12 rings (SSSR count). The van der Waals surface area contributed by atoms with Crippen molar-refractivity contribution in [2.75, 3.05) is 4.90 Å². The number of hydrogen-bond donors (Lipinski definition) is 0. The van der Waals surface area contributed by atoms with Crippen molar-refractivity contribution in [3.05, 3.63) is 246 Å². The second kappa shape index (κ2) is 15.1. The van der Waals surface area contributed by atoms with Crippen LogP contribution in [0.1, 0.15) is 49.3 Å². The zero-order valence-corrected chi connectivity index (χ0v) is 36.4. The molecule has 0 bridgehead atoms. The minimum Gasteiger partial charge on any atom is -0.310 e. The number of thiophene rings is 1. The van der Waals surface area contributed by atoms with E-state index in [1.807, 2.05) is 11.3 Å². The predicted molar refractivity (Wildman–Crippen MR) is 270 cm³/mol. The number of benzene rings is 7. The Morgan fingerprint density at radius 3 is 2.25 bits per heavy atom. The molecule has 2 unspecified atom stereocenters. The van der Waals surface area contributed by atoms with Crippen LogP contribution in [-0.4, -0.2) is 0 Å². The van der Waals surface area contributed by atoms with Crippen LogP contribution in [0.5, 0.6) is 0 Å². The van der Waals surface area contributed by atoms with Crippen molar-refractivity contribution in [3.8, 4) is 33.4 Å². The maximum absolute atomic E-state index is 2.52. The summed E-state index contributed by atoms with van der Waals surface area (Å²) >= 11 is 1.88. The van der Waals surface area contributed by atoms with Crippen molar-refractivity contribution in [1.29, 1.82) is 0 Å². The second-order valence-corrected chi connectivity index (χ2v) is 18.9. The molecule has 0 N–H and O–H groups in total. The number of para-hydroxylation sites is 1. The van der Waals surface area contributed by atoms with Crippen LogP contribution in [0.2, 0.25) is 0 Å². The van der Waals surface area contributed by atoms with Crippen LogP contribution in [-0.2, 0) is 5.41 Å². The molecule has 0 spiro atoms. The van der Waals surface area contributed by atoms with Crippen molar-refractivity contribution in [2.24, 2.45) is 5.92 Å². The Bertz CT molecular complexity index is 3320. The minimum atomic E-state index is -0.126. The molecule has 0 saturated heterocycles. The summed E-state index contributed by atoms with van der Waals surface area (Å²) in [5, 5.41) is 2.66. The molecular formula is C61H47NS. The standard InChI is InChI=1S/C61H47NS/c1-61(2)54-31-9-6-23-49(54)52-30-15-28-48(60(52)61)43-21-12-22-45(39-43)62(44-37-35-41(36-38-44)47-27-16-34-57-59(47)53-25-8-11-33-56(53)63-57)55-32-10-7-24-50(55)51-29-14-20-42-19-13-26-46(58(42)51)40-17-4-3-5-18-40/h3-4,6-17,19-39,51,58H,5,18H2,1-2H3. The van der Waals surface area contributed by atoms with E-state index in [4.69, 9.17) is 0 Å².